The Hall–Kier alpha value is -1.99. The first-order chi connectivity index (χ1) is 10.9. The predicted molar refractivity (Wildman–Crippen MR) is 97.0 cm³/mol. The van der Waals surface area contributed by atoms with Crippen LogP contribution >= 0.6 is 8.43 Å². The van der Waals surface area contributed by atoms with Crippen LogP contribution in [0.15, 0.2) is 91.0 Å². The zero-order valence-electron chi connectivity index (χ0n) is 12.1. The molecule has 0 aromatic heterocycles. The Bertz CT molecular complexity index is 645. The number of hydrogen-bond acceptors (Lipinski definition) is 1. The molecule has 22 heavy (non-hydrogen) atoms. The van der Waals surface area contributed by atoms with E-state index in [1.165, 1.54) is 15.6 Å². The molecule has 0 radical (unpaired) electrons. The van der Waals surface area contributed by atoms with Crippen molar-refractivity contribution in [3.05, 3.63) is 91.0 Å². The van der Waals surface area contributed by atoms with E-state index in [1.807, 2.05) is 23.6 Å². The number of rotatable bonds is 4. The Kier molecular flexibility index (Phi) is 4.64. The maximum atomic E-state index is 11.6. The lowest BCUT2D eigenvalue weighted by molar-refractivity contribution is -0.144. The van der Waals surface area contributed by atoms with Crippen LogP contribution in [0.2, 0.25) is 0 Å². The molecule has 0 saturated heterocycles. The van der Waals surface area contributed by atoms with E-state index in [-0.39, 0.29) is 8.43 Å². The topological polar surface area (TPSA) is 23.1 Å². The molecule has 0 aliphatic carbocycles. The van der Waals surface area contributed by atoms with Crippen molar-refractivity contribution in [3.8, 4) is 0 Å². The smallest absolute Gasteiger partial charge is 0.175 e. The van der Waals surface area contributed by atoms with Crippen LogP contribution in [0.1, 0.15) is 0 Å². The maximum Gasteiger partial charge on any atom is 0.175 e. The van der Waals surface area contributed by atoms with Crippen molar-refractivity contribution < 1.29 is 4.89 Å². The Morgan fingerprint density at radius 1 is 0.591 bits per heavy atom. The van der Waals surface area contributed by atoms with Crippen molar-refractivity contribution in [2.45, 2.75) is 0 Å². The molecule has 0 fully saturated rings. The van der Waals surface area contributed by atoms with Crippen LogP contribution in [0.5, 0.6) is 0 Å². The second-order valence-electron chi connectivity index (χ2n) is 5.14. The van der Waals surface area contributed by atoms with Gasteiger partial charge in [0.25, 0.3) is 0 Å². The van der Waals surface area contributed by atoms with Gasteiger partial charge >= 0.3 is 0 Å². The van der Waals surface area contributed by atoms with Crippen molar-refractivity contribution in [2.75, 3.05) is 0 Å². The molecule has 0 spiro atoms. The summed E-state index contributed by atoms with van der Waals surface area (Å²) in [5.41, 5.74) is 1.98. The molecule has 108 valence electrons. The van der Waals surface area contributed by atoms with Crippen LogP contribution in [0.3, 0.4) is 0 Å². The fourth-order valence-electron chi connectivity index (χ4n) is 2.91. The first kappa shape index (κ1) is 14.9. The highest BCUT2D eigenvalue weighted by Crippen LogP contribution is 2.07. The molecular weight excluding hydrogens is 303 g/mol. The Balaban J connectivity index is 2.34. The lowest BCUT2D eigenvalue weighted by Crippen LogP contribution is -2.68. The van der Waals surface area contributed by atoms with Crippen molar-refractivity contribution >= 4 is 37.5 Å². The molecule has 0 heterocycles. The van der Waals surface area contributed by atoms with E-state index in [0.717, 1.165) is 0 Å². The van der Waals surface area contributed by atoms with Gasteiger partial charge in [-0.25, -0.2) is 8.43 Å². The number of benzene rings is 3. The highest BCUT2D eigenvalue weighted by atomic mass is 31.1. The third kappa shape index (κ3) is 2.69. The van der Waals surface area contributed by atoms with Gasteiger partial charge in [-0.15, -0.1) is 0 Å². The molecule has 0 bridgehead atoms. The average molecular weight is 319 g/mol. The average Bonchev–Trinajstić information content (AvgIpc) is 2.62. The SMILES string of the molecule is [O-]P=C[Si](c1ccccc1)(c1ccccc1)c1ccccc1. The highest BCUT2D eigenvalue weighted by Gasteiger charge is 2.36. The molecule has 0 N–H and O–H groups in total. The van der Waals surface area contributed by atoms with Gasteiger partial charge in [0, 0.05) is 0 Å². The molecule has 0 saturated carbocycles. The maximum absolute atomic E-state index is 11.6. The first-order valence-corrected chi connectivity index (χ1v) is 10.2. The van der Waals surface area contributed by atoms with E-state index < -0.39 is 8.07 Å². The zero-order valence-corrected chi connectivity index (χ0v) is 14.0. The van der Waals surface area contributed by atoms with E-state index in [9.17, 15) is 4.89 Å². The van der Waals surface area contributed by atoms with Gasteiger partial charge in [-0.05, 0) is 15.6 Å². The van der Waals surface area contributed by atoms with Gasteiger partial charge in [0.15, 0.2) is 8.07 Å². The monoisotopic (exact) mass is 319 g/mol. The summed E-state index contributed by atoms with van der Waals surface area (Å²) in [6.07, 6.45) is 0. The van der Waals surface area contributed by atoms with Gasteiger partial charge in [-0.1, -0.05) is 96.4 Å². The molecular formula is C19H16OPSi-. The van der Waals surface area contributed by atoms with E-state index in [0.29, 0.717) is 0 Å². The molecule has 0 amide bonds. The van der Waals surface area contributed by atoms with E-state index in [4.69, 9.17) is 0 Å². The minimum absolute atomic E-state index is 0.0761. The van der Waals surface area contributed by atoms with Crippen LogP contribution in [-0.2, 0) is 0 Å². The Labute approximate surface area is 133 Å². The molecule has 1 nitrogen and oxygen atoms in total. The quantitative estimate of drug-likeness (QED) is 0.408. The molecule has 0 aliphatic heterocycles. The molecule has 3 aromatic carbocycles. The van der Waals surface area contributed by atoms with Gasteiger partial charge in [0.1, 0.15) is 0 Å². The lowest BCUT2D eigenvalue weighted by Gasteiger charge is -2.31. The largest absolute Gasteiger partial charge is 0.806 e. The summed E-state index contributed by atoms with van der Waals surface area (Å²) in [6.45, 7) is 0. The Morgan fingerprint density at radius 3 is 1.18 bits per heavy atom. The second kappa shape index (κ2) is 6.84. The molecule has 0 atom stereocenters. The van der Waals surface area contributed by atoms with Crippen molar-refractivity contribution in [1.29, 1.82) is 0 Å². The summed E-state index contributed by atoms with van der Waals surface area (Å²) in [6, 6.07) is 31.3. The molecule has 0 unspecified atom stereocenters. The van der Waals surface area contributed by atoms with Crippen LogP contribution in [0.4, 0.5) is 0 Å². The van der Waals surface area contributed by atoms with Gasteiger partial charge in [-0.3, -0.25) is 0 Å². The van der Waals surface area contributed by atoms with Crippen LogP contribution < -0.4 is 20.5 Å². The third-order valence-corrected chi connectivity index (χ3v) is 9.64. The molecule has 3 heteroatoms. The summed E-state index contributed by atoms with van der Waals surface area (Å²) in [4.78, 5) is 11.6. The van der Waals surface area contributed by atoms with Crippen LogP contribution in [-0.4, -0.2) is 13.5 Å². The van der Waals surface area contributed by atoms with E-state index >= 15 is 0 Å². The standard InChI is InChI=1S/C19H16OPSi/c20-21-16-22(17-10-4-1-5-11-17,18-12-6-2-7-13-18)19-14-8-3-9-15-19/h1-16H/q-1. The van der Waals surface area contributed by atoms with Crippen LogP contribution in [0, 0.1) is 0 Å². The van der Waals surface area contributed by atoms with Crippen LogP contribution in [0.25, 0.3) is 0 Å². The van der Waals surface area contributed by atoms with Crippen molar-refractivity contribution in [1.82, 2.24) is 0 Å². The van der Waals surface area contributed by atoms with Gasteiger partial charge in [-0.2, -0.15) is 0 Å². The normalized spacial score (nSPS) is 11.7. The number of hydrogen-bond donors (Lipinski definition) is 0. The minimum Gasteiger partial charge on any atom is -0.806 e. The fourth-order valence-corrected chi connectivity index (χ4v) is 8.48. The Morgan fingerprint density at radius 2 is 0.909 bits per heavy atom. The summed E-state index contributed by atoms with van der Waals surface area (Å²) in [7, 11) is -2.30. The van der Waals surface area contributed by atoms with E-state index in [1.54, 1.807) is 0 Å². The van der Waals surface area contributed by atoms with Gasteiger partial charge < -0.3 is 4.89 Å². The highest BCUT2D eigenvalue weighted by molar-refractivity contribution is 7.49. The summed E-state index contributed by atoms with van der Waals surface area (Å²) < 4.78 is 0. The molecule has 3 rings (SSSR count). The van der Waals surface area contributed by atoms with Gasteiger partial charge in [0.05, 0.1) is 0 Å². The van der Waals surface area contributed by atoms with Gasteiger partial charge in [0.2, 0.25) is 0 Å². The van der Waals surface area contributed by atoms with E-state index in [2.05, 4.69) is 72.8 Å². The summed E-state index contributed by atoms with van der Waals surface area (Å²) >= 11 is 0. The molecule has 3 aromatic rings. The minimum atomic E-state index is -2.37. The second-order valence-corrected chi connectivity index (χ2v) is 9.73. The third-order valence-electron chi connectivity index (χ3n) is 3.93. The zero-order chi connectivity index (χ0) is 15.3. The molecule has 0 aliphatic rings. The van der Waals surface area contributed by atoms with Crippen molar-refractivity contribution in [3.63, 3.8) is 0 Å². The predicted octanol–water partition coefficient (Wildman–Crippen LogP) is 1.72. The fraction of sp³-hybridized carbons (Fsp3) is 0. The summed E-state index contributed by atoms with van der Waals surface area (Å²) in [5, 5.41) is 3.74. The lowest BCUT2D eigenvalue weighted by atomic mass is 10.3. The first-order valence-electron chi connectivity index (χ1n) is 7.21. The summed E-state index contributed by atoms with van der Waals surface area (Å²) in [5.74, 6) is 0. The van der Waals surface area contributed by atoms with Crippen molar-refractivity contribution in [2.24, 2.45) is 0 Å².